The van der Waals surface area contributed by atoms with Gasteiger partial charge in [0, 0.05) is 18.1 Å². The fourth-order valence-electron chi connectivity index (χ4n) is 3.17. The number of esters is 1. The number of hydrogen-bond donors (Lipinski definition) is 1. The Morgan fingerprint density at radius 3 is 2.58 bits per heavy atom. The fraction of sp³-hybridized carbons (Fsp3) is 0.857. The quantitative estimate of drug-likeness (QED) is 0.754. The minimum Gasteiger partial charge on any atom is -0.465 e. The molecule has 108 valence electrons. The molecule has 1 amide bonds. The number of hydrogen-bond acceptors (Lipinski definition) is 4. The van der Waals surface area contributed by atoms with Crippen molar-refractivity contribution < 1.29 is 14.3 Å². The molecule has 0 aliphatic carbocycles. The zero-order chi connectivity index (χ0) is 14.0. The molecule has 2 heterocycles. The molecular weight excluding hydrogens is 244 g/mol. The summed E-state index contributed by atoms with van der Waals surface area (Å²) in [5, 5.41) is 3.47. The number of nitrogens with zero attached hydrogens (tertiary/aromatic N) is 1. The van der Waals surface area contributed by atoms with Gasteiger partial charge in [-0.3, -0.25) is 9.59 Å². The summed E-state index contributed by atoms with van der Waals surface area (Å²) in [6.07, 6.45) is 3.16. The molecule has 2 fully saturated rings. The third-order valence-corrected chi connectivity index (χ3v) is 4.13. The first-order chi connectivity index (χ1) is 9.02. The van der Waals surface area contributed by atoms with Crippen LogP contribution in [0.15, 0.2) is 0 Å². The van der Waals surface area contributed by atoms with Gasteiger partial charge in [-0.15, -0.1) is 0 Å². The molecule has 2 aliphatic heterocycles. The Bertz CT molecular complexity index is 357. The van der Waals surface area contributed by atoms with Gasteiger partial charge in [0.1, 0.15) is 6.54 Å². The Morgan fingerprint density at radius 1 is 1.37 bits per heavy atom. The number of fused-ring (bicyclic) bond motifs is 2. The maximum absolute atomic E-state index is 12.6. The van der Waals surface area contributed by atoms with Crippen molar-refractivity contribution in [3.63, 3.8) is 0 Å². The maximum Gasteiger partial charge on any atom is 0.325 e. The molecule has 0 aromatic rings. The van der Waals surface area contributed by atoms with Gasteiger partial charge in [-0.1, -0.05) is 0 Å². The van der Waals surface area contributed by atoms with Crippen molar-refractivity contribution in [3.8, 4) is 0 Å². The molecule has 19 heavy (non-hydrogen) atoms. The summed E-state index contributed by atoms with van der Waals surface area (Å²) in [4.78, 5) is 25.9. The second-order valence-corrected chi connectivity index (χ2v) is 5.75. The molecule has 0 aromatic carbocycles. The molecule has 0 aromatic heterocycles. The molecule has 3 atom stereocenters. The molecule has 2 aliphatic rings. The first kappa shape index (κ1) is 14.3. The Kier molecular flexibility index (Phi) is 4.45. The van der Waals surface area contributed by atoms with Gasteiger partial charge in [-0.05, 0) is 40.0 Å². The predicted octanol–water partition coefficient (Wildman–Crippen LogP) is 0.927. The first-order valence-electron chi connectivity index (χ1n) is 7.25. The van der Waals surface area contributed by atoms with Crippen molar-refractivity contribution in [1.82, 2.24) is 10.2 Å². The molecule has 1 N–H and O–H groups in total. The number of amides is 1. The third-order valence-electron chi connectivity index (χ3n) is 4.13. The summed E-state index contributed by atoms with van der Waals surface area (Å²) < 4.78 is 4.95. The van der Waals surface area contributed by atoms with Gasteiger partial charge < -0.3 is 15.0 Å². The highest BCUT2D eigenvalue weighted by Gasteiger charge is 2.44. The van der Waals surface area contributed by atoms with Crippen molar-refractivity contribution in [2.24, 2.45) is 5.92 Å². The first-order valence-corrected chi connectivity index (χ1v) is 7.25. The second kappa shape index (κ2) is 5.90. The largest absolute Gasteiger partial charge is 0.465 e. The summed E-state index contributed by atoms with van der Waals surface area (Å²) in [5.74, 6) is -0.181. The lowest BCUT2D eigenvalue weighted by molar-refractivity contribution is -0.151. The summed E-state index contributed by atoms with van der Waals surface area (Å²) in [6.45, 7) is 6.08. The van der Waals surface area contributed by atoms with Crippen LogP contribution in [0.25, 0.3) is 0 Å². The van der Waals surface area contributed by atoms with Crippen LogP contribution in [-0.2, 0) is 14.3 Å². The molecule has 2 bridgehead atoms. The van der Waals surface area contributed by atoms with Gasteiger partial charge in [0.05, 0.1) is 12.5 Å². The zero-order valence-corrected chi connectivity index (χ0v) is 12.0. The Morgan fingerprint density at radius 2 is 2.11 bits per heavy atom. The highest BCUT2D eigenvalue weighted by molar-refractivity contribution is 5.85. The molecule has 0 saturated carbocycles. The van der Waals surface area contributed by atoms with Gasteiger partial charge in [-0.2, -0.15) is 0 Å². The van der Waals surface area contributed by atoms with Gasteiger partial charge in [0.25, 0.3) is 0 Å². The molecule has 5 heteroatoms. The summed E-state index contributed by atoms with van der Waals surface area (Å²) in [5.41, 5.74) is 0. The van der Waals surface area contributed by atoms with E-state index in [2.05, 4.69) is 5.32 Å². The third kappa shape index (κ3) is 3.08. The van der Waals surface area contributed by atoms with Crippen molar-refractivity contribution >= 4 is 11.9 Å². The molecular formula is C14H24N2O3. The minimum atomic E-state index is -0.319. The Balaban J connectivity index is 1.98. The van der Waals surface area contributed by atoms with Crippen LogP contribution in [0.4, 0.5) is 0 Å². The summed E-state index contributed by atoms with van der Waals surface area (Å²) in [7, 11) is 0. The van der Waals surface area contributed by atoms with E-state index in [9.17, 15) is 9.59 Å². The van der Waals surface area contributed by atoms with Crippen molar-refractivity contribution in [1.29, 1.82) is 0 Å². The maximum atomic E-state index is 12.6. The average Bonchev–Trinajstić information content (AvgIpc) is 2.97. The molecule has 0 spiro atoms. The number of nitrogens with one attached hydrogen (secondary N) is 1. The molecule has 5 nitrogen and oxygen atoms in total. The van der Waals surface area contributed by atoms with Crippen LogP contribution in [0.5, 0.6) is 0 Å². The van der Waals surface area contributed by atoms with Crippen molar-refractivity contribution in [3.05, 3.63) is 0 Å². The van der Waals surface area contributed by atoms with Crippen molar-refractivity contribution in [2.75, 3.05) is 13.2 Å². The van der Waals surface area contributed by atoms with E-state index in [1.165, 1.54) is 6.42 Å². The lowest BCUT2D eigenvalue weighted by atomic mass is 9.88. The van der Waals surface area contributed by atoms with Crippen LogP contribution < -0.4 is 5.32 Å². The summed E-state index contributed by atoms with van der Waals surface area (Å²) in [6, 6.07) is 0.826. The summed E-state index contributed by atoms with van der Waals surface area (Å²) >= 11 is 0. The molecule has 2 saturated heterocycles. The molecule has 2 rings (SSSR count). The van der Waals surface area contributed by atoms with E-state index >= 15 is 0 Å². The normalized spacial score (nSPS) is 28.7. The highest BCUT2D eigenvalue weighted by atomic mass is 16.5. The van der Waals surface area contributed by atoms with Crippen LogP contribution in [0.3, 0.4) is 0 Å². The monoisotopic (exact) mass is 268 g/mol. The van der Waals surface area contributed by atoms with Gasteiger partial charge >= 0.3 is 5.97 Å². The smallest absolute Gasteiger partial charge is 0.325 e. The molecule has 3 unspecified atom stereocenters. The van der Waals surface area contributed by atoms with Gasteiger partial charge in [0.2, 0.25) is 5.91 Å². The van der Waals surface area contributed by atoms with Crippen LogP contribution >= 0.6 is 0 Å². The lowest BCUT2D eigenvalue weighted by Gasteiger charge is -2.31. The van der Waals surface area contributed by atoms with Gasteiger partial charge in [0.15, 0.2) is 0 Å². The van der Waals surface area contributed by atoms with E-state index < -0.39 is 0 Å². The SMILES string of the molecule is CCOC(=O)CN(C(=O)C1CC2CCC1N2)C(C)C. The van der Waals surface area contributed by atoms with Crippen LogP contribution in [0.2, 0.25) is 0 Å². The van der Waals surface area contributed by atoms with Crippen LogP contribution in [0.1, 0.15) is 40.0 Å². The van der Waals surface area contributed by atoms with Crippen LogP contribution in [-0.4, -0.2) is 48.1 Å². The lowest BCUT2D eigenvalue weighted by Crippen LogP contribution is -2.47. The van der Waals surface area contributed by atoms with E-state index in [0.717, 1.165) is 12.8 Å². The average molecular weight is 268 g/mol. The fourth-order valence-corrected chi connectivity index (χ4v) is 3.17. The van der Waals surface area contributed by atoms with E-state index in [-0.39, 0.29) is 30.4 Å². The number of ether oxygens (including phenoxy) is 1. The Hall–Kier alpha value is -1.10. The van der Waals surface area contributed by atoms with E-state index in [1.54, 1.807) is 11.8 Å². The Labute approximate surface area is 114 Å². The number of carbonyl (C=O) groups excluding carboxylic acids is 2. The molecule has 0 radical (unpaired) electrons. The standard InChI is InChI=1S/C14H24N2O3/c1-4-19-13(17)8-16(9(2)3)14(18)11-7-10-5-6-12(11)15-10/h9-12,15H,4-8H2,1-3H3. The minimum absolute atomic E-state index is 0.0241. The number of rotatable bonds is 5. The number of carbonyl (C=O) groups is 2. The van der Waals surface area contributed by atoms with E-state index in [4.69, 9.17) is 4.74 Å². The van der Waals surface area contributed by atoms with Crippen molar-refractivity contribution in [2.45, 2.75) is 58.2 Å². The topological polar surface area (TPSA) is 58.6 Å². The predicted molar refractivity (Wildman–Crippen MR) is 71.5 cm³/mol. The van der Waals surface area contributed by atoms with Crippen LogP contribution in [0, 0.1) is 5.92 Å². The zero-order valence-electron chi connectivity index (χ0n) is 12.0. The highest BCUT2D eigenvalue weighted by Crippen LogP contribution is 2.34. The van der Waals surface area contributed by atoms with Gasteiger partial charge in [-0.25, -0.2) is 0 Å². The second-order valence-electron chi connectivity index (χ2n) is 5.75. The van der Waals surface area contributed by atoms with E-state index in [1.807, 2.05) is 13.8 Å². The van der Waals surface area contributed by atoms with E-state index in [0.29, 0.717) is 18.7 Å².